The zero-order valence-corrected chi connectivity index (χ0v) is 10.7. The van der Waals surface area contributed by atoms with Crippen LogP contribution in [-0.2, 0) is 9.59 Å². The molecule has 5 heteroatoms. The summed E-state index contributed by atoms with van der Waals surface area (Å²) >= 11 is 0. The highest BCUT2D eigenvalue weighted by Crippen LogP contribution is 2.02. The maximum atomic E-state index is 11.1. The minimum atomic E-state index is -0.357. The molecule has 1 unspecified atom stereocenters. The first-order chi connectivity index (χ1) is 8.07. The van der Waals surface area contributed by atoms with Gasteiger partial charge in [0.1, 0.15) is 0 Å². The number of nitrogens with two attached hydrogens (primary N) is 2. The van der Waals surface area contributed by atoms with Crippen LogP contribution in [0.15, 0.2) is 0 Å². The smallest absolute Gasteiger partial charge is 0.234 e. The molecule has 0 aromatic rings. The van der Waals surface area contributed by atoms with Gasteiger partial charge in [0.05, 0.1) is 6.04 Å². The molecule has 0 bridgehead atoms. The van der Waals surface area contributed by atoms with E-state index in [-0.39, 0.29) is 17.9 Å². The zero-order valence-electron chi connectivity index (χ0n) is 10.7. The number of hydrogen-bond donors (Lipinski definition) is 3. The van der Waals surface area contributed by atoms with Crippen molar-refractivity contribution in [3.05, 3.63) is 0 Å². The van der Waals surface area contributed by atoms with Gasteiger partial charge in [-0.1, -0.05) is 26.2 Å². The van der Waals surface area contributed by atoms with E-state index in [4.69, 9.17) is 11.5 Å². The number of nitrogens with one attached hydrogen (secondary N) is 1. The van der Waals surface area contributed by atoms with Crippen molar-refractivity contribution >= 4 is 11.8 Å². The van der Waals surface area contributed by atoms with Crippen molar-refractivity contribution in [3.63, 3.8) is 0 Å². The summed E-state index contributed by atoms with van der Waals surface area (Å²) in [6.07, 6.45) is 6.10. The molecule has 0 aliphatic carbocycles. The van der Waals surface area contributed by atoms with Crippen LogP contribution in [0.3, 0.4) is 0 Å². The van der Waals surface area contributed by atoms with E-state index in [1.165, 1.54) is 12.8 Å². The van der Waals surface area contributed by atoms with Gasteiger partial charge in [-0.3, -0.25) is 9.59 Å². The van der Waals surface area contributed by atoms with E-state index in [0.717, 1.165) is 19.4 Å². The Morgan fingerprint density at radius 1 is 1.12 bits per heavy atom. The summed E-state index contributed by atoms with van der Waals surface area (Å²) in [5, 5.41) is 3.13. The predicted molar refractivity (Wildman–Crippen MR) is 68.2 cm³/mol. The normalized spacial score (nSPS) is 12.3. The average molecular weight is 243 g/mol. The van der Waals surface area contributed by atoms with E-state index in [2.05, 4.69) is 12.2 Å². The molecule has 5 nitrogen and oxygen atoms in total. The maximum Gasteiger partial charge on any atom is 0.234 e. The molecule has 0 heterocycles. The number of rotatable bonds is 11. The molecule has 2 amide bonds. The van der Waals surface area contributed by atoms with Gasteiger partial charge in [-0.25, -0.2) is 0 Å². The monoisotopic (exact) mass is 243 g/mol. The van der Waals surface area contributed by atoms with Gasteiger partial charge in [-0.2, -0.15) is 0 Å². The quantitative estimate of drug-likeness (QED) is 0.465. The van der Waals surface area contributed by atoms with Crippen molar-refractivity contribution in [2.45, 2.75) is 57.9 Å². The van der Waals surface area contributed by atoms with Gasteiger partial charge in [0.2, 0.25) is 11.8 Å². The highest BCUT2D eigenvalue weighted by atomic mass is 16.1. The Morgan fingerprint density at radius 2 is 1.82 bits per heavy atom. The van der Waals surface area contributed by atoms with Crippen LogP contribution in [0.5, 0.6) is 0 Å². The fraction of sp³-hybridized carbons (Fsp3) is 0.833. The van der Waals surface area contributed by atoms with Crippen LogP contribution in [0.2, 0.25) is 0 Å². The molecule has 5 N–H and O–H groups in total. The Hall–Kier alpha value is -1.10. The van der Waals surface area contributed by atoms with Crippen LogP contribution < -0.4 is 16.8 Å². The number of amides is 2. The van der Waals surface area contributed by atoms with Crippen LogP contribution in [0.4, 0.5) is 0 Å². The number of primary amides is 2. The minimum absolute atomic E-state index is 0.307. The van der Waals surface area contributed by atoms with Gasteiger partial charge in [-0.15, -0.1) is 0 Å². The van der Waals surface area contributed by atoms with Gasteiger partial charge < -0.3 is 16.8 Å². The third kappa shape index (κ3) is 9.81. The largest absolute Gasteiger partial charge is 0.370 e. The van der Waals surface area contributed by atoms with Crippen LogP contribution >= 0.6 is 0 Å². The van der Waals surface area contributed by atoms with Gasteiger partial charge in [-0.05, 0) is 25.8 Å². The number of carbonyl (C=O) groups excluding carboxylic acids is 2. The van der Waals surface area contributed by atoms with Gasteiger partial charge >= 0.3 is 0 Å². The molecule has 1 atom stereocenters. The summed E-state index contributed by atoms with van der Waals surface area (Å²) in [5.41, 5.74) is 10.3. The lowest BCUT2D eigenvalue weighted by atomic mass is 10.1. The molecular formula is C12H25N3O2. The molecule has 0 saturated carbocycles. The Kier molecular flexibility index (Phi) is 9.43. The third-order valence-electron chi connectivity index (χ3n) is 2.68. The Morgan fingerprint density at radius 3 is 2.35 bits per heavy atom. The van der Waals surface area contributed by atoms with Crippen LogP contribution in [0.25, 0.3) is 0 Å². The highest BCUT2D eigenvalue weighted by Gasteiger charge is 2.13. The Bertz CT molecular complexity index is 232. The first kappa shape index (κ1) is 15.9. The van der Waals surface area contributed by atoms with Gasteiger partial charge in [0.25, 0.3) is 0 Å². The van der Waals surface area contributed by atoms with Crippen molar-refractivity contribution in [1.82, 2.24) is 5.32 Å². The summed E-state index contributed by atoms with van der Waals surface area (Å²) < 4.78 is 0. The topological polar surface area (TPSA) is 98.2 Å². The van der Waals surface area contributed by atoms with Crippen LogP contribution in [-0.4, -0.2) is 24.4 Å². The standard InChI is InChI=1S/C12H25N3O2/c1-2-3-4-5-9-15-10(12(14)17)7-6-8-11(13)16/h10,15H,2-9H2,1H3,(H2,13,16)(H2,14,17). The molecule has 0 aliphatic heterocycles. The molecule has 0 saturated heterocycles. The lowest BCUT2D eigenvalue weighted by Gasteiger charge is -2.14. The Balaban J connectivity index is 3.67. The number of hydrogen-bond acceptors (Lipinski definition) is 3. The molecule has 0 radical (unpaired) electrons. The summed E-state index contributed by atoms with van der Waals surface area (Å²) in [4.78, 5) is 21.7. The number of unbranched alkanes of at least 4 members (excludes halogenated alkanes) is 3. The lowest BCUT2D eigenvalue weighted by molar-refractivity contribution is -0.121. The van der Waals surface area contributed by atoms with Crippen molar-refractivity contribution in [2.24, 2.45) is 11.5 Å². The maximum absolute atomic E-state index is 11.1. The third-order valence-corrected chi connectivity index (χ3v) is 2.68. The van der Waals surface area contributed by atoms with E-state index < -0.39 is 0 Å². The molecule has 100 valence electrons. The molecular weight excluding hydrogens is 218 g/mol. The molecule has 0 aromatic carbocycles. The summed E-state index contributed by atoms with van der Waals surface area (Å²) in [5.74, 6) is -0.693. The van der Waals surface area contributed by atoms with E-state index in [1.807, 2.05) is 0 Å². The van der Waals surface area contributed by atoms with Gasteiger partial charge in [0, 0.05) is 6.42 Å². The second kappa shape index (κ2) is 10.1. The Labute approximate surface area is 103 Å². The fourth-order valence-corrected chi connectivity index (χ4v) is 1.65. The second-order valence-electron chi connectivity index (χ2n) is 4.33. The molecule has 0 aliphatic rings. The molecule has 0 rings (SSSR count). The second-order valence-corrected chi connectivity index (χ2v) is 4.33. The van der Waals surface area contributed by atoms with Crippen LogP contribution in [0, 0.1) is 0 Å². The van der Waals surface area contributed by atoms with E-state index in [0.29, 0.717) is 19.3 Å². The zero-order chi connectivity index (χ0) is 13.1. The SMILES string of the molecule is CCCCCCNC(CCCC(N)=O)C(N)=O. The van der Waals surface area contributed by atoms with Crippen molar-refractivity contribution in [1.29, 1.82) is 0 Å². The van der Waals surface area contributed by atoms with Crippen molar-refractivity contribution in [2.75, 3.05) is 6.54 Å². The first-order valence-electron chi connectivity index (χ1n) is 6.39. The summed E-state index contributed by atoms with van der Waals surface area (Å²) in [6, 6.07) is -0.337. The molecule has 0 fully saturated rings. The van der Waals surface area contributed by atoms with E-state index >= 15 is 0 Å². The fourth-order valence-electron chi connectivity index (χ4n) is 1.65. The lowest BCUT2D eigenvalue weighted by Crippen LogP contribution is -2.41. The first-order valence-corrected chi connectivity index (χ1v) is 6.39. The molecule has 0 aromatic heterocycles. The molecule has 0 spiro atoms. The van der Waals surface area contributed by atoms with Gasteiger partial charge in [0.15, 0.2) is 0 Å². The highest BCUT2D eigenvalue weighted by molar-refractivity contribution is 5.80. The van der Waals surface area contributed by atoms with E-state index in [9.17, 15) is 9.59 Å². The van der Waals surface area contributed by atoms with Crippen LogP contribution in [0.1, 0.15) is 51.9 Å². The predicted octanol–water partition coefficient (Wildman–Crippen LogP) is 0.666. The average Bonchev–Trinajstić information content (AvgIpc) is 2.25. The van der Waals surface area contributed by atoms with Crippen molar-refractivity contribution < 1.29 is 9.59 Å². The summed E-state index contributed by atoms with van der Waals surface area (Å²) in [6.45, 7) is 2.95. The summed E-state index contributed by atoms with van der Waals surface area (Å²) in [7, 11) is 0. The number of carbonyl (C=O) groups is 2. The van der Waals surface area contributed by atoms with Crippen molar-refractivity contribution in [3.8, 4) is 0 Å². The minimum Gasteiger partial charge on any atom is -0.370 e. The van der Waals surface area contributed by atoms with E-state index in [1.54, 1.807) is 0 Å². The molecule has 17 heavy (non-hydrogen) atoms.